The van der Waals surface area contributed by atoms with Gasteiger partial charge in [-0.25, -0.2) is 4.98 Å². The zero-order chi connectivity index (χ0) is 23.0. The van der Waals surface area contributed by atoms with Crippen LogP contribution in [-0.2, 0) is 11.2 Å². The molecule has 0 aliphatic heterocycles. The number of nitrogens with one attached hydrogen (secondary N) is 1. The Morgan fingerprint density at radius 2 is 2.16 bits per heavy atom. The highest BCUT2D eigenvalue weighted by atomic mass is 32.1. The van der Waals surface area contributed by atoms with Crippen LogP contribution in [0.3, 0.4) is 0 Å². The van der Waals surface area contributed by atoms with Crippen molar-refractivity contribution in [2.24, 2.45) is 23.2 Å². The lowest BCUT2D eigenvalue weighted by atomic mass is 9.53. The number of thiazole rings is 1. The number of nitrogens with zero attached hydrogens (tertiary/aromatic N) is 3. The van der Waals surface area contributed by atoms with Gasteiger partial charge in [0, 0.05) is 36.0 Å². The maximum atomic E-state index is 13.0. The summed E-state index contributed by atoms with van der Waals surface area (Å²) in [6.07, 6.45) is 5.92. The van der Waals surface area contributed by atoms with Crippen LogP contribution in [0.15, 0.2) is 24.5 Å². The number of hydrogen-bond donors (Lipinski definition) is 2. The van der Waals surface area contributed by atoms with E-state index in [1.807, 2.05) is 37.8 Å². The van der Waals surface area contributed by atoms with E-state index in [2.05, 4.69) is 24.1 Å². The number of anilines is 2. The van der Waals surface area contributed by atoms with Crippen molar-refractivity contribution in [3.05, 3.63) is 35.1 Å². The van der Waals surface area contributed by atoms with Gasteiger partial charge >= 0.3 is 0 Å². The Bertz CT molecular complexity index is 945. The van der Waals surface area contributed by atoms with Crippen LogP contribution >= 0.6 is 11.3 Å². The van der Waals surface area contributed by atoms with Gasteiger partial charge in [0.05, 0.1) is 23.7 Å². The van der Waals surface area contributed by atoms with Crippen molar-refractivity contribution in [3.63, 3.8) is 0 Å². The first-order chi connectivity index (χ1) is 15.3. The van der Waals surface area contributed by atoms with E-state index in [1.165, 1.54) is 4.88 Å². The normalized spacial score (nSPS) is 30.2. The molecule has 32 heavy (non-hydrogen) atoms. The fourth-order valence-electron chi connectivity index (χ4n) is 6.17. The SMILES string of the molecule is CCN(CC)C(=O)[C@@H](C)[C@H]1CC[C@@]2(C)Cc3sc(Nc4cccnc4)nc3[C@@H](C)[C@@H]2[C@H]1O. The quantitative estimate of drug-likeness (QED) is 0.650. The summed E-state index contributed by atoms with van der Waals surface area (Å²) in [7, 11) is 0. The molecule has 0 saturated heterocycles. The van der Waals surface area contributed by atoms with Crippen LogP contribution in [0.4, 0.5) is 10.8 Å². The van der Waals surface area contributed by atoms with Crippen molar-refractivity contribution in [2.45, 2.75) is 65.9 Å². The van der Waals surface area contributed by atoms with E-state index >= 15 is 0 Å². The Hall–Kier alpha value is -1.99. The molecule has 0 unspecified atom stereocenters. The van der Waals surface area contributed by atoms with Crippen molar-refractivity contribution in [1.82, 2.24) is 14.9 Å². The first kappa shape index (κ1) is 23.2. The van der Waals surface area contributed by atoms with Crippen molar-refractivity contribution < 1.29 is 9.90 Å². The maximum absolute atomic E-state index is 13.0. The zero-order valence-electron chi connectivity index (χ0n) is 19.8. The molecule has 0 aromatic carbocycles. The molecular weight excluding hydrogens is 420 g/mol. The highest BCUT2D eigenvalue weighted by Gasteiger charge is 2.54. The molecule has 7 heteroatoms. The highest BCUT2D eigenvalue weighted by Crippen LogP contribution is 2.57. The molecule has 2 aliphatic carbocycles. The van der Waals surface area contributed by atoms with E-state index in [9.17, 15) is 9.90 Å². The largest absolute Gasteiger partial charge is 0.392 e. The molecule has 1 saturated carbocycles. The van der Waals surface area contributed by atoms with Gasteiger partial charge in [-0.3, -0.25) is 9.78 Å². The van der Waals surface area contributed by atoms with Gasteiger partial charge in [-0.05, 0) is 62.5 Å². The molecule has 2 aromatic rings. The Kier molecular flexibility index (Phi) is 6.59. The van der Waals surface area contributed by atoms with E-state index in [1.54, 1.807) is 23.7 Å². The Labute approximate surface area is 195 Å². The summed E-state index contributed by atoms with van der Waals surface area (Å²) in [6, 6.07) is 3.89. The fraction of sp³-hybridized carbons (Fsp3) is 0.640. The molecule has 4 rings (SSSR count). The minimum Gasteiger partial charge on any atom is -0.392 e. The van der Waals surface area contributed by atoms with Gasteiger partial charge in [0.15, 0.2) is 5.13 Å². The van der Waals surface area contributed by atoms with Crippen LogP contribution in [0.1, 0.15) is 63.9 Å². The predicted molar refractivity (Wildman–Crippen MR) is 129 cm³/mol. The van der Waals surface area contributed by atoms with Gasteiger partial charge in [-0.15, -0.1) is 11.3 Å². The summed E-state index contributed by atoms with van der Waals surface area (Å²) >= 11 is 1.72. The standard InChI is InChI=1S/C25H36N4O2S/c1-6-29(7-2)23(31)15(3)18-10-11-25(5)13-19-21(16(4)20(25)22(18)30)28-24(32-19)27-17-9-8-12-26-14-17/h8-9,12,14-16,18,20,22,30H,6-7,10-11,13H2,1-5H3,(H,27,28)/t15-,16-,18+,20+,22-,25-/m0/s1. The molecule has 2 N–H and O–H groups in total. The van der Waals surface area contributed by atoms with E-state index in [-0.39, 0.29) is 35.0 Å². The molecular formula is C25H36N4O2S. The smallest absolute Gasteiger partial charge is 0.225 e. The zero-order valence-corrected chi connectivity index (χ0v) is 20.7. The lowest BCUT2D eigenvalue weighted by Gasteiger charge is -2.53. The number of pyridine rings is 1. The van der Waals surface area contributed by atoms with Gasteiger partial charge in [0.1, 0.15) is 0 Å². The van der Waals surface area contributed by atoms with Gasteiger partial charge in [-0.1, -0.05) is 20.8 Å². The molecule has 174 valence electrons. The van der Waals surface area contributed by atoms with Crippen LogP contribution in [0.5, 0.6) is 0 Å². The van der Waals surface area contributed by atoms with Crippen molar-refractivity contribution in [2.75, 3.05) is 18.4 Å². The minimum absolute atomic E-state index is 0.00296. The fourth-order valence-corrected chi connectivity index (χ4v) is 7.45. The van der Waals surface area contributed by atoms with Crippen LogP contribution in [0.25, 0.3) is 0 Å². The number of hydrogen-bond acceptors (Lipinski definition) is 6. The summed E-state index contributed by atoms with van der Waals surface area (Å²) in [4.78, 5) is 25.4. The van der Waals surface area contributed by atoms with Crippen LogP contribution < -0.4 is 5.32 Å². The maximum Gasteiger partial charge on any atom is 0.225 e. The molecule has 2 aromatic heterocycles. The lowest BCUT2D eigenvalue weighted by molar-refractivity contribution is -0.144. The first-order valence-corrected chi connectivity index (χ1v) is 12.7. The van der Waals surface area contributed by atoms with Crippen molar-refractivity contribution in [1.29, 1.82) is 0 Å². The molecule has 6 nitrogen and oxygen atoms in total. The second kappa shape index (κ2) is 9.10. The third kappa shape index (κ3) is 4.05. The molecule has 6 atom stereocenters. The highest BCUT2D eigenvalue weighted by molar-refractivity contribution is 7.15. The molecule has 1 amide bonds. The molecule has 2 aliphatic rings. The third-order valence-corrected chi connectivity index (χ3v) is 8.93. The third-order valence-electron chi connectivity index (χ3n) is 7.94. The van der Waals surface area contributed by atoms with Crippen molar-refractivity contribution in [3.8, 4) is 0 Å². The number of aliphatic hydroxyl groups excluding tert-OH is 1. The summed E-state index contributed by atoms with van der Waals surface area (Å²) < 4.78 is 0. The topological polar surface area (TPSA) is 78.4 Å². The van der Waals surface area contributed by atoms with Crippen LogP contribution in [0, 0.1) is 23.2 Å². The number of carbonyl (C=O) groups excluding carboxylic acids is 1. The first-order valence-electron chi connectivity index (χ1n) is 11.9. The Balaban J connectivity index is 1.57. The van der Waals surface area contributed by atoms with E-state index in [0.717, 1.165) is 48.9 Å². The average Bonchev–Trinajstić information content (AvgIpc) is 3.16. The van der Waals surface area contributed by atoms with Gasteiger partial charge in [0.2, 0.25) is 5.91 Å². The molecule has 1 fully saturated rings. The predicted octanol–water partition coefficient (Wildman–Crippen LogP) is 4.84. The van der Waals surface area contributed by atoms with Gasteiger partial charge in [0.25, 0.3) is 0 Å². The average molecular weight is 457 g/mol. The number of aliphatic hydroxyl groups is 1. The second-order valence-electron chi connectivity index (χ2n) is 9.83. The summed E-state index contributed by atoms with van der Waals surface area (Å²) in [5, 5.41) is 15.9. The molecule has 0 bridgehead atoms. The minimum atomic E-state index is -0.497. The van der Waals surface area contributed by atoms with Gasteiger partial charge in [-0.2, -0.15) is 0 Å². The number of aromatic nitrogens is 2. The second-order valence-corrected chi connectivity index (χ2v) is 10.9. The van der Waals surface area contributed by atoms with Gasteiger partial charge < -0.3 is 15.3 Å². The summed E-state index contributed by atoms with van der Waals surface area (Å²) in [6.45, 7) is 12.0. The van der Waals surface area contributed by atoms with E-state index < -0.39 is 6.10 Å². The van der Waals surface area contributed by atoms with E-state index in [0.29, 0.717) is 0 Å². The molecule has 2 heterocycles. The number of fused-ring (bicyclic) bond motifs is 2. The molecule has 0 spiro atoms. The number of carbonyl (C=O) groups is 1. The number of rotatable bonds is 6. The van der Waals surface area contributed by atoms with Crippen LogP contribution in [0.2, 0.25) is 0 Å². The summed E-state index contributed by atoms with van der Waals surface area (Å²) in [5.41, 5.74) is 2.06. The lowest BCUT2D eigenvalue weighted by Crippen LogP contribution is -2.53. The number of amides is 1. The Morgan fingerprint density at radius 3 is 2.81 bits per heavy atom. The van der Waals surface area contributed by atoms with Crippen molar-refractivity contribution >= 4 is 28.1 Å². The molecule has 0 radical (unpaired) electrons. The van der Waals surface area contributed by atoms with E-state index in [4.69, 9.17) is 4.98 Å². The van der Waals surface area contributed by atoms with Crippen LogP contribution in [-0.4, -0.2) is 45.1 Å². The monoisotopic (exact) mass is 456 g/mol. The Morgan fingerprint density at radius 1 is 1.41 bits per heavy atom. The summed E-state index contributed by atoms with van der Waals surface area (Å²) in [5.74, 6) is 0.258.